The Morgan fingerprint density at radius 2 is 2.10 bits per heavy atom. The summed E-state index contributed by atoms with van der Waals surface area (Å²) in [6.07, 6.45) is 3.55. The molecule has 1 heterocycles. The summed E-state index contributed by atoms with van der Waals surface area (Å²) in [5.41, 5.74) is 7.87. The van der Waals surface area contributed by atoms with Crippen molar-refractivity contribution in [1.29, 1.82) is 0 Å². The number of aromatic nitrogens is 2. The van der Waals surface area contributed by atoms with Crippen molar-refractivity contribution in [3.05, 3.63) is 30.3 Å². The van der Waals surface area contributed by atoms with Crippen molar-refractivity contribution in [2.75, 3.05) is 12.8 Å². The Labute approximate surface area is 124 Å². The van der Waals surface area contributed by atoms with Crippen LogP contribution in [0.3, 0.4) is 0 Å². The Morgan fingerprint density at radius 3 is 2.86 bits per heavy atom. The number of methoxy groups -OCH3 is 1. The normalized spacial score (nSPS) is 22.2. The molecule has 5 nitrogen and oxygen atoms in total. The molecule has 0 bridgehead atoms. The van der Waals surface area contributed by atoms with Gasteiger partial charge in [-0.05, 0) is 25.0 Å². The van der Waals surface area contributed by atoms with Gasteiger partial charge in [0.25, 0.3) is 0 Å². The van der Waals surface area contributed by atoms with E-state index >= 15 is 0 Å². The lowest BCUT2D eigenvalue weighted by molar-refractivity contribution is 0.0707. The molecule has 2 atom stereocenters. The smallest absolute Gasteiger partial charge is 0.122 e. The average molecular weight is 287 g/mol. The Balaban J connectivity index is 1.93. The third-order valence-electron chi connectivity index (χ3n) is 4.14. The standard InChI is InChI=1S/C16H21N3O2/c1-21-12-6-4-5-11(9-12)13-10-16(17)19(18-13)14-7-2-3-8-15(14)20/h4-6,9-10,14-15,20H,2-3,7-8,17H2,1H3. The molecule has 0 saturated heterocycles. The van der Waals surface area contributed by atoms with Crippen LogP contribution in [-0.4, -0.2) is 28.1 Å². The van der Waals surface area contributed by atoms with Crippen LogP contribution in [0.1, 0.15) is 31.7 Å². The molecular formula is C16H21N3O2. The first-order chi connectivity index (χ1) is 10.2. The highest BCUT2D eigenvalue weighted by atomic mass is 16.5. The van der Waals surface area contributed by atoms with E-state index in [0.29, 0.717) is 5.82 Å². The number of benzene rings is 1. The second-order valence-corrected chi connectivity index (χ2v) is 5.55. The van der Waals surface area contributed by atoms with Gasteiger partial charge in [-0.2, -0.15) is 5.10 Å². The van der Waals surface area contributed by atoms with Crippen LogP contribution in [0.25, 0.3) is 11.3 Å². The van der Waals surface area contributed by atoms with Gasteiger partial charge in [-0.1, -0.05) is 25.0 Å². The quantitative estimate of drug-likeness (QED) is 0.910. The monoisotopic (exact) mass is 287 g/mol. The van der Waals surface area contributed by atoms with E-state index < -0.39 is 0 Å². The van der Waals surface area contributed by atoms with E-state index in [2.05, 4.69) is 5.10 Å². The van der Waals surface area contributed by atoms with E-state index in [4.69, 9.17) is 10.5 Å². The number of aliphatic hydroxyl groups excluding tert-OH is 1. The third kappa shape index (κ3) is 2.74. The minimum Gasteiger partial charge on any atom is -0.497 e. The highest BCUT2D eigenvalue weighted by Gasteiger charge is 2.27. The topological polar surface area (TPSA) is 73.3 Å². The van der Waals surface area contributed by atoms with E-state index in [1.54, 1.807) is 11.8 Å². The van der Waals surface area contributed by atoms with Crippen molar-refractivity contribution in [3.8, 4) is 17.0 Å². The van der Waals surface area contributed by atoms with Gasteiger partial charge in [0, 0.05) is 11.6 Å². The number of rotatable bonds is 3. The largest absolute Gasteiger partial charge is 0.497 e. The summed E-state index contributed by atoms with van der Waals surface area (Å²) in [5, 5.41) is 14.8. The number of hydrogen-bond donors (Lipinski definition) is 2. The SMILES string of the molecule is COc1cccc(-c2cc(N)n(C3CCCCC3O)n2)c1. The van der Waals surface area contributed by atoms with Gasteiger partial charge in [-0.25, -0.2) is 4.68 Å². The summed E-state index contributed by atoms with van der Waals surface area (Å²) in [4.78, 5) is 0. The molecule has 0 aliphatic heterocycles. The van der Waals surface area contributed by atoms with Crippen LogP contribution < -0.4 is 10.5 Å². The van der Waals surface area contributed by atoms with E-state index in [0.717, 1.165) is 42.7 Å². The summed E-state index contributed by atoms with van der Waals surface area (Å²) in [6, 6.07) is 9.58. The molecule has 112 valence electrons. The van der Waals surface area contributed by atoms with E-state index in [9.17, 15) is 5.11 Å². The maximum Gasteiger partial charge on any atom is 0.122 e. The Kier molecular flexibility index (Phi) is 3.84. The lowest BCUT2D eigenvalue weighted by Crippen LogP contribution is -2.29. The number of nitrogens with zero attached hydrogens (tertiary/aromatic N) is 2. The fraction of sp³-hybridized carbons (Fsp3) is 0.438. The van der Waals surface area contributed by atoms with Crippen molar-refractivity contribution in [1.82, 2.24) is 9.78 Å². The molecule has 1 aromatic carbocycles. The maximum absolute atomic E-state index is 10.2. The predicted molar refractivity (Wildman–Crippen MR) is 82.1 cm³/mol. The molecule has 3 N–H and O–H groups in total. The zero-order valence-corrected chi connectivity index (χ0v) is 12.2. The fourth-order valence-corrected chi connectivity index (χ4v) is 2.97. The second kappa shape index (κ2) is 5.77. The van der Waals surface area contributed by atoms with Crippen LogP contribution in [0.2, 0.25) is 0 Å². The van der Waals surface area contributed by atoms with Gasteiger partial charge in [0.2, 0.25) is 0 Å². The maximum atomic E-state index is 10.2. The second-order valence-electron chi connectivity index (χ2n) is 5.55. The molecule has 1 saturated carbocycles. The van der Waals surface area contributed by atoms with Crippen molar-refractivity contribution in [2.45, 2.75) is 37.8 Å². The lowest BCUT2D eigenvalue weighted by Gasteiger charge is -2.28. The molecule has 0 amide bonds. The predicted octanol–water partition coefficient (Wildman–Crippen LogP) is 2.62. The minimum atomic E-state index is -0.362. The highest BCUT2D eigenvalue weighted by Crippen LogP contribution is 2.32. The average Bonchev–Trinajstić information content (AvgIpc) is 2.90. The number of ether oxygens (including phenoxy) is 1. The number of anilines is 1. The lowest BCUT2D eigenvalue weighted by atomic mass is 9.93. The van der Waals surface area contributed by atoms with Crippen LogP contribution in [0, 0.1) is 0 Å². The Bertz CT molecular complexity index is 624. The first-order valence-corrected chi connectivity index (χ1v) is 7.36. The minimum absolute atomic E-state index is 0.0156. The van der Waals surface area contributed by atoms with Gasteiger partial charge in [-0.15, -0.1) is 0 Å². The van der Waals surface area contributed by atoms with Crippen molar-refractivity contribution in [3.63, 3.8) is 0 Å². The molecule has 1 aromatic heterocycles. The zero-order chi connectivity index (χ0) is 14.8. The van der Waals surface area contributed by atoms with Gasteiger partial charge in [0.1, 0.15) is 11.6 Å². The molecular weight excluding hydrogens is 266 g/mol. The highest BCUT2D eigenvalue weighted by molar-refractivity contribution is 5.64. The van der Waals surface area contributed by atoms with Gasteiger partial charge in [0.15, 0.2) is 0 Å². The number of aliphatic hydroxyl groups is 1. The Morgan fingerprint density at radius 1 is 1.29 bits per heavy atom. The fourth-order valence-electron chi connectivity index (χ4n) is 2.97. The molecule has 0 spiro atoms. The van der Waals surface area contributed by atoms with Crippen molar-refractivity contribution >= 4 is 5.82 Å². The van der Waals surface area contributed by atoms with Gasteiger partial charge >= 0.3 is 0 Å². The summed E-state index contributed by atoms with van der Waals surface area (Å²) in [7, 11) is 1.64. The van der Waals surface area contributed by atoms with Gasteiger partial charge in [0.05, 0.1) is 24.9 Å². The molecule has 1 aliphatic rings. The summed E-state index contributed by atoms with van der Waals surface area (Å²) in [6.45, 7) is 0. The number of nitrogens with two attached hydrogens (primary N) is 1. The molecule has 3 rings (SSSR count). The molecule has 2 unspecified atom stereocenters. The van der Waals surface area contributed by atoms with Gasteiger partial charge < -0.3 is 15.6 Å². The molecule has 5 heteroatoms. The first kappa shape index (κ1) is 13.9. The summed E-state index contributed by atoms with van der Waals surface area (Å²) >= 11 is 0. The van der Waals surface area contributed by atoms with Crippen molar-refractivity contribution < 1.29 is 9.84 Å². The van der Waals surface area contributed by atoms with E-state index in [-0.39, 0.29) is 12.1 Å². The van der Waals surface area contributed by atoms with E-state index in [1.165, 1.54) is 0 Å². The number of nitrogen functional groups attached to an aromatic ring is 1. The molecule has 1 fully saturated rings. The summed E-state index contributed by atoms with van der Waals surface area (Å²) < 4.78 is 7.02. The third-order valence-corrected chi connectivity index (χ3v) is 4.14. The van der Waals surface area contributed by atoms with E-state index in [1.807, 2.05) is 30.3 Å². The van der Waals surface area contributed by atoms with Crippen LogP contribution in [0.5, 0.6) is 5.75 Å². The number of hydrogen-bond acceptors (Lipinski definition) is 4. The van der Waals surface area contributed by atoms with Gasteiger partial charge in [-0.3, -0.25) is 0 Å². The van der Waals surface area contributed by atoms with Crippen LogP contribution >= 0.6 is 0 Å². The van der Waals surface area contributed by atoms with Crippen molar-refractivity contribution in [2.24, 2.45) is 0 Å². The first-order valence-electron chi connectivity index (χ1n) is 7.36. The molecule has 0 radical (unpaired) electrons. The van der Waals surface area contributed by atoms with Crippen LogP contribution in [-0.2, 0) is 0 Å². The zero-order valence-electron chi connectivity index (χ0n) is 12.2. The molecule has 1 aliphatic carbocycles. The van der Waals surface area contributed by atoms with Crippen LogP contribution in [0.4, 0.5) is 5.82 Å². The summed E-state index contributed by atoms with van der Waals surface area (Å²) in [5.74, 6) is 1.39. The molecule has 2 aromatic rings. The Hall–Kier alpha value is -2.01. The molecule has 21 heavy (non-hydrogen) atoms. The van der Waals surface area contributed by atoms with Crippen LogP contribution in [0.15, 0.2) is 30.3 Å².